The molecule has 0 aliphatic rings. The third-order valence-electron chi connectivity index (χ3n) is 5.10. The van der Waals surface area contributed by atoms with Crippen molar-refractivity contribution in [2.45, 2.75) is 6.54 Å². The van der Waals surface area contributed by atoms with Crippen molar-refractivity contribution in [2.24, 2.45) is 10.9 Å². The van der Waals surface area contributed by atoms with Crippen LogP contribution in [-0.4, -0.2) is 45.0 Å². The minimum absolute atomic E-state index is 0.0388. The van der Waals surface area contributed by atoms with E-state index in [1.165, 1.54) is 25.3 Å². The Balaban J connectivity index is 1.92. The lowest BCUT2D eigenvalue weighted by atomic mass is 10.1. The van der Waals surface area contributed by atoms with Crippen molar-refractivity contribution >= 4 is 56.6 Å². The summed E-state index contributed by atoms with van der Waals surface area (Å²) in [6.45, 7) is -0.747. The molecule has 206 valence electrons. The average molecular weight is 577 g/mol. The summed E-state index contributed by atoms with van der Waals surface area (Å²) in [6.07, 6.45) is 0. The average Bonchev–Trinajstić information content (AvgIpc) is 2.86. The Kier molecular flexibility index (Phi) is 9.19. The van der Waals surface area contributed by atoms with E-state index < -0.39 is 28.7 Å². The summed E-state index contributed by atoms with van der Waals surface area (Å²) in [4.78, 5) is 24.2. The molecule has 0 bridgehead atoms. The monoisotopic (exact) mass is 576 g/mol. The molecule has 0 atom stereocenters. The van der Waals surface area contributed by atoms with E-state index in [4.69, 9.17) is 42.5 Å². The number of rotatable bonds is 12. The van der Waals surface area contributed by atoms with Crippen LogP contribution in [0.15, 0.2) is 54.6 Å². The first-order chi connectivity index (χ1) is 18.4. The van der Waals surface area contributed by atoms with Gasteiger partial charge in [-0.2, -0.15) is 8.42 Å². The number of amides is 1. The maximum absolute atomic E-state index is 13.1. The van der Waals surface area contributed by atoms with Crippen LogP contribution in [0.5, 0.6) is 11.5 Å². The molecular weight excluding hydrogens is 552 g/mol. The summed E-state index contributed by atoms with van der Waals surface area (Å²) >= 11 is 6.14. The minimum Gasteiger partial charge on any atom is -0.493 e. The number of benzene rings is 3. The second-order valence-corrected chi connectivity index (χ2v) is 9.72. The number of hydrogen-bond acceptors (Lipinski definition) is 8. The van der Waals surface area contributed by atoms with E-state index in [9.17, 15) is 18.0 Å². The standard InChI is InChI=1S/C24H25ClN6O7S/c1-37-20-10-17(31-39(28,35)36)8-14(22(20)38-12-21(32)33)11-29-19-7-4-15(25)9-18(19)24(34)30-16-5-2-13(3-6-16)23(26)27/h2-10,29,31H,11-12H2,1H3,(H3,26,27)(H,30,34)(H,32,33)(H2,28,35,36). The van der Waals surface area contributed by atoms with Crippen LogP contribution in [0.1, 0.15) is 21.5 Å². The summed E-state index contributed by atoms with van der Waals surface area (Å²) in [5.41, 5.74) is 7.27. The first-order valence-corrected chi connectivity index (χ1v) is 12.9. The molecule has 39 heavy (non-hydrogen) atoms. The molecule has 0 saturated carbocycles. The predicted molar refractivity (Wildman–Crippen MR) is 147 cm³/mol. The van der Waals surface area contributed by atoms with Crippen LogP contribution in [0.3, 0.4) is 0 Å². The van der Waals surface area contributed by atoms with Gasteiger partial charge >= 0.3 is 5.97 Å². The zero-order valence-electron chi connectivity index (χ0n) is 20.4. The largest absolute Gasteiger partial charge is 0.493 e. The molecule has 0 fully saturated rings. The number of carbonyl (C=O) groups excluding carboxylic acids is 1. The zero-order chi connectivity index (χ0) is 28.7. The lowest BCUT2D eigenvalue weighted by molar-refractivity contribution is -0.139. The number of halogens is 1. The lowest BCUT2D eigenvalue weighted by Gasteiger charge is -2.18. The topological polar surface area (TPSA) is 219 Å². The van der Waals surface area contributed by atoms with Crippen molar-refractivity contribution in [2.75, 3.05) is 29.1 Å². The highest BCUT2D eigenvalue weighted by atomic mass is 35.5. The number of hydrogen-bond donors (Lipinski definition) is 7. The molecule has 0 aliphatic carbocycles. The van der Waals surface area contributed by atoms with Gasteiger partial charge < -0.3 is 30.9 Å². The van der Waals surface area contributed by atoms with Crippen molar-refractivity contribution in [3.63, 3.8) is 0 Å². The molecule has 3 aromatic rings. The molecular formula is C24H25ClN6O7S. The molecule has 0 radical (unpaired) electrons. The van der Waals surface area contributed by atoms with E-state index in [-0.39, 0.29) is 35.1 Å². The van der Waals surface area contributed by atoms with Crippen molar-refractivity contribution in [3.05, 3.63) is 76.3 Å². The van der Waals surface area contributed by atoms with Crippen LogP contribution < -0.4 is 35.7 Å². The summed E-state index contributed by atoms with van der Waals surface area (Å²) in [7, 11) is -2.83. The number of carboxylic acids is 1. The molecule has 0 aromatic heterocycles. The summed E-state index contributed by atoms with van der Waals surface area (Å²) in [5.74, 6) is -1.76. The van der Waals surface area contributed by atoms with Gasteiger partial charge in [0.05, 0.1) is 18.4 Å². The van der Waals surface area contributed by atoms with Gasteiger partial charge in [0.2, 0.25) is 0 Å². The zero-order valence-corrected chi connectivity index (χ0v) is 22.0. The van der Waals surface area contributed by atoms with E-state index in [1.807, 2.05) is 0 Å². The number of nitrogens with two attached hydrogens (primary N) is 2. The summed E-state index contributed by atoms with van der Waals surface area (Å²) in [5, 5.41) is 27.7. The molecule has 13 nitrogen and oxygen atoms in total. The Hall–Kier alpha value is -4.53. The van der Waals surface area contributed by atoms with Crippen molar-refractivity contribution < 1.29 is 32.6 Å². The van der Waals surface area contributed by atoms with Crippen LogP contribution in [0, 0.1) is 5.41 Å². The summed E-state index contributed by atoms with van der Waals surface area (Å²) < 4.78 is 35.9. The minimum atomic E-state index is -4.13. The Labute approximate surface area is 228 Å². The lowest BCUT2D eigenvalue weighted by Crippen LogP contribution is -2.22. The number of carboxylic acid groups (broad SMARTS) is 1. The van der Waals surface area contributed by atoms with Gasteiger partial charge in [0.25, 0.3) is 16.1 Å². The highest BCUT2D eigenvalue weighted by molar-refractivity contribution is 7.90. The summed E-state index contributed by atoms with van der Waals surface area (Å²) in [6, 6.07) is 13.6. The van der Waals surface area contributed by atoms with E-state index in [0.29, 0.717) is 27.5 Å². The molecule has 0 saturated heterocycles. The molecule has 0 spiro atoms. The second kappa shape index (κ2) is 12.3. The Bertz CT molecular complexity index is 1510. The number of methoxy groups -OCH3 is 1. The van der Waals surface area contributed by atoms with E-state index in [2.05, 4.69) is 15.4 Å². The number of amidine groups is 1. The molecule has 0 heterocycles. The molecule has 0 aliphatic heterocycles. The van der Waals surface area contributed by atoms with Gasteiger partial charge in [-0.1, -0.05) is 11.6 Å². The van der Waals surface area contributed by atoms with Crippen LogP contribution >= 0.6 is 11.6 Å². The first-order valence-electron chi connectivity index (χ1n) is 11.0. The first kappa shape index (κ1) is 29.0. The Morgan fingerprint density at radius 3 is 2.36 bits per heavy atom. The third kappa shape index (κ3) is 8.23. The van der Waals surface area contributed by atoms with Gasteiger partial charge in [0.15, 0.2) is 18.1 Å². The Morgan fingerprint density at radius 2 is 1.77 bits per heavy atom. The number of carbonyl (C=O) groups is 2. The maximum atomic E-state index is 13.1. The van der Waals surface area contributed by atoms with Gasteiger partial charge in [-0.15, -0.1) is 0 Å². The smallest absolute Gasteiger partial charge is 0.341 e. The van der Waals surface area contributed by atoms with Gasteiger partial charge in [-0.05, 0) is 48.5 Å². The van der Waals surface area contributed by atoms with Crippen LogP contribution in [-0.2, 0) is 21.5 Å². The number of ether oxygens (including phenoxy) is 2. The Morgan fingerprint density at radius 1 is 1.08 bits per heavy atom. The van der Waals surface area contributed by atoms with Crippen LogP contribution in [0.2, 0.25) is 5.02 Å². The SMILES string of the molecule is COc1cc(NS(N)(=O)=O)cc(CNc2ccc(Cl)cc2C(=O)Nc2ccc(C(=N)N)cc2)c1OCC(=O)O. The fourth-order valence-electron chi connectivity index (χ4n) is 3.44. The number of nitrogens with one attached hydrogen (secondary N) is 4. The van der Waals surface area contributed by atoms with Gasteiger partial charge in [-0.3, -0.25) is 14.9 Å². The number of anilines is 3. The number of aliphatic carboxylic acids is 1. The highest BCUT2D eigenvalue weighted by Gasteiger charge is 2.18. The van der Waals surface area contributed by atoms with Gasteiger partial charge in [-0.25, -0.2) is 9.93 Å². The van der Waals surface area contributed by atoms with Crippen molar-refractivity contribution in [3.8, 4) is 11.5 Å². The highest BCUT2D eigenvalue weighted by Crippen LogP contribution is 2.36. The molecule has 15 heteroatoms. The second-order valence-electron chi connectivity index (χ2n) is 7.98. The van der Waals surface area contributed by atoms with E-state index in [1.54, 1.807) is 36.4 Å². The maximum Gasteiger partial charge on any atom is 0.341 e. The van der Waals surface area contributed by atoms with E-state index in [0.717, 1.165) is 0 Å². The van der Waals surface area contributed by atoms with Crippen LogP contribution in [0.4, 0.5) is 17.1 Å². The fourth-order valence-corrected chi connectivity index (χ4v) is 4.06. The van der Waals surface area contributed by atoms with Crippen molar-refractivity contribution in [1.82, 2.24) is 0 Å². The quantitative estimate of drug-likeness (QED) is 0.124. The van der Waals surface area contributed by atoms with Crippen LogP contribution in [0.25, 0.3) is 0 Å². The van der Waals surface area contributed by atoms with Gasteiger partial charge in [0.1, 0.15) is 5.84 Å². The van der Waals surface area contributed by atoms with Gasteiger partial charge in [0, 0.05) is 40.1 Å². The third-order valence-corrected chi connectivity index (χ3v) is 5.86. The number of nitrogen functional groups attached to an aromatic ring is 1. The molecule has 9 N–H and O–H groups in total. The molecule has 1 amide bonds. The normalized spacial score (nSPS) is 10.8. The molecule has 0 unspecified atom stereocenters. The van der Waals surface area contributed by atoms with E-state index >= 15 is 0 Å². The fraction of sp³-hybridized carbons (Fsp3) is 0.125. The molecule has 3 aromatic carbocycles. The predicted octanol–water partition coefficient (Wildman–Crippen LogP) is 2.58. The van der Waals surface area contributed by atoms with Crippen molar-refractivity contribution in [1.29, 1.82) is 5.41 Å². The molecule has 3 rings (SSSR count).